The van der Waals surface area contributed by atoms with Crippen molar-refractivity contribution in [3.05, 3.63) is 12.3 Å². The number of anilines is 1. The van der Waals surface area contributed by atoms with E-state index < -0.39 is 0 Å². The predicted octanol–water partition coefficient (Wildman–Crippen LogP) is -0.297. The van der Waals surface area contributed by atoms with Gasteiger partial charge < -0.3 is 16.4 Å². The van der Waals surface area contributed by atoms with Gasteiger partial charge in [-0.05, 0) is 18.8 Å². The summed E-state index contributed by atoms with van der Waals surface area (Å²) in [6.45, 7) is 1.80. The van der Waals surface area contributed by atoms with E-state index in [4.69, 9.17) is 5.73 Å². The number of amides is 1. The summed E-state index contributed by atoms with van der Waals surface area (Å²) in [7, 11) is 0. The maximum atomic E-state index is 11.9. The Kier molecular flexibility index (Phi) is 2.60. The van der Waals surface area contributed by atoms with E-state index in [1.54, 1.807) is 6.20 Å². The number of carbonyl (C=O) groups excluding carboxylic acids is 1. The Labute approximate surface area is 99.5 Å². The molecule has 92 valence electrons. The minimum Gasteiger partial charge on any atom is -0.320 e. The van der Waals surface area contributed by atoms with Crippen LogP contribution in [-0.4, -0.2) is 34.8 Å². The molecule has 17 heavy (non-hydrogen) atoms. The van der Waals surface area contributed by atoms with Crippen molar-refractivity contribution in [1.82, 2.24) is 15.1 Å². The summed E-state index contributed by atoms with van der Waals surface area (Å²) >= 11 is 0. The molecule has 6 heteroatoms. The van der Waals surface area contributed by atoms with Crippen LogP contribution in [0, 0.1) is 5.92 Å². The molecule has 0 bridgehead atoms. The first-order valence-corrected chi connectivity index (χ1v) is 6.06. The Bertz CT molecular complexity index is 421. The summed E-state index contributed by atoms with van der Waals surface area (Å²) in [5, 5.41) is 10.3. The van der Waals surface area contributed by atoms with Crippen LogP contribution in [0.5, 0.6) is 0 Å². The van der Waals surface area contributed by atoms with Crippen molar-refractivity contribution in [3.63, 3.8) is 0 Å². The zero-order valence-electron chi connectivity index (χ0n) is 9.60. The highest BCUT2D eigenvalue weighted by Gasteiger charge is 2.33. The molecule has 3 rings (SSSR count). The third kappa shape index (κ3) is 2.05. The standard InChI is InChI=1S/C11H17N5O/c12-10(7-1-2-7)11(17)15-9-3-4-14-16(9)8-5-13-6-8/h3-4,7-8,10,13H,1-2,5-6,12H2,(H,15,17). The number of hydrogen-bond donors (Lipinski definition) is 3. The van der Waals surface area contributed by atoms with Crippen molar-refractivity contribution >= 4 is 11.7 Å². The van der Waals surface area contributed by atoms with Crippen LogP contribution >= 0.6 is 0 Å². The normalized spacial score (nSPS) is 21.9. The second-order valence-electron chi connectivity index (χ2n) is 4.83. The van der Waals surface area contributed by atoms with E-state index in [0.717, 1.165) is 31.7 Å². The first-order chi connectivity index (χ1) is 8.25. The minimum atomic E-state index is -0.377. The van der Waals surface area contributed by atoms with E-state index in [-0.39, 0.29) is 11.9 Å². The van der Waals surface area contributed by atoms with Gasteiger partial charge in [0.15, 0.2) is 0 Å². The lowest BCUT2D eigenvalue weighted by molar-refractivity contribution is -0.117. The smallest absolute Gasteiger partial charge is 0.242 e. The van der Waals surface area contributed by atoms with Crippen molar-refractivity contribution in [1.29, 1.82) is 0 Å². The number of hydrogen-bond acceptors (Lipinski definition) is 4. The zero-order valence-corrected chi connectivity index (χ0v) is 9.60. The van der Waals surface area contributed by atoms with Crippen molar-refractivity contribution in [2.45, 2.75) is 24.9 Å². The molecule has 4 N–H and O–H groups in total. The Morgan fingerprint density at radius 2 is 2.35 bits per heavy atom. The average molecular weight is 235 g/mol. The molecule has 2 fully saturated rings. The molecular weight excluding hydrogens is 218 g/mol. The molecule has 1 aromatic heterocycles. The predicted molar refractivity (Wildman–Crippen MR) is 63.5 cm³/mol. The maximum absolute atomic E-state index is 11.9. The molecule has 1 amide bonds. The Hall–Kier alpha value is -1.40. The fourth-order valence-electron chi connectivity index (χ4n) is 2.03. The number of carbonyl (C=O) groups is 1. The van der Waals surface area contributed by atoms with E-state index in [2.05, 4.69) is 15.7 Å². The van der Waals surface area contributed by atoms with Gasteiger partial charge in [0.2, 0.25) is 5.91 Å². The first-order valence-electron chi connectivity index (χ1n) is 6.06. The number of nitrogens with one attached hydrogen (secondary N) is 2. The number of nitrogens with two attached hydrogens (primary N) is 1. The van der Waals surface area contributed by atoms with Gasteiger partial charge in [-0.2, -0.15) is 5.10 Å². The topological polar surface area (TPSA) is 85.0 Å². The average Bonchev–Trinajstić information content (AvgIpc) is 3.00. The second kappa shape index (κ2) is 4.12. The summed E-state index contributed by atoms with van der Waals surface area (Å²) in [6, 6.07) is 1.78. The monoisotopic (exact) mass is 235 g/mol. The van der Waals surface area contributed by atoms with Crippen LogP contribution in [0.3, 0.4) is 0 Å². The van der Waals surface area contributed by atoms with E-state index in [9.17, 15) is 4.79 Å². The molecular formula is C11H17N5O. The molecule has 1 atom stereocenters. The Morgan fingerprint density at radius 1 is 1.59 bits per heavy atom. The maximum Gasteiger partial charge on any atom is 0.242 e. The molecule has 0 radical (unpaired) electrons. The van der Waals surface area contributed by atoms with Crippen molar-refractivity contribution in [2.24, 2.45) is 11.7 Å². The fourth-order valence-corrected chi connectivity index (χ4v) is 2.03. The lowest BCUT2D eigenvalue weighted by Gasteiger charge is -2.28. The molecule has 2 aliphatic rings. The molecule has 1 saturated heterocycles. The summed E-state index contributed by atoms with van der Waals surface area (Å²) in [5.41, 5.74) is 5.86. The third-order valence-electron chi connectivity index (χ3n) is 3.46. The molecule has 1 aliphatic carbocycles. The fraction of sp³-hybridized carbons (Fsp3) is 0.636. The van der Waals surface area contributed by atoms with Gasteiger partial charge in [0.25, 0.3) is 0 Å². The van der Waals surface area contributed by atoms with Gasteiger partial charge in [-0.1, -0.05) is 0 Å². The Morgan fingerprint density at radius 3 is 2.94 bits per heavy atom. The summed E-state index contributed by atoms with van der Waals surface area (Å²) in [4.78, 5) is 11.9. The van der Waals surface area contributed by atoms with Gasteiger partial charge in [0.05, 0.1) is 18.3 Å². The largest absolute Gasteiger partial charge is 0.320 e. The van der Waals surface area contributed by atoms with Crippen molar-refractivity contribution in [3.8, 4) is 0 Å². The minimum absolute atomic E-state index is 0.0958. The molecule has 1 unspecified atom stereocenters. The summed E-state index contributed by atoms with van der Waals surface area (Å²) in [6.07, 6.45) is 3.84. The van der Waals surface area contributed by atoms with Crippen LogP contribution < -0.4 is 16.4 Å². The SMILES string of the molecule is NC(C(=O)Nc1ccnn1C1CNC1)C1CC1. The third-order valence-corrected chi connectivity index (χ3v) is 3.46. The molecule has 2 heterocycles. The van der Waals surface area contributed by atoms with Crippen LogP contribution in [0.25, 0.3) is 0 Å². The van der Waals surface area contributed by atoms with Crippen LogP contribution in [0.2, 0.25) is 0 Å². The number of nitrogens with zero attached hydrogens (tertiary/aromatic N) is 2. The van der Waals surface area contributed by atoms with Gasteiger partial charge in [-0.3, -0.25) is 4.79 Å². The molecule has 6 nitrogen and oxygen atoms in total. The van der Waals surface area contributed by atoms with Gasteiger partial charge >= 0.3 is 0 Å². The lowest BCUT2D eigenvalue weighted by Crippen LogP contribution is -2.45. The van der Waals surface area contributed by atoms with Crippen molar-refractivity contribution in [2.75, 3.05) is 18.4 Å². The zero-order chi connectivity index (χ0) is 11.8. The van der Waals surface area contributed by atoms with Crippen molar-refractivity contribution < 1.29 is 4.79 Å². The molecule has 0 aromatic carbocycles. The van der Waals surface area contributed by atoms with E-state index in [1.165, 1.54) is 0 Å². The first kappa shape index (κ1) is 10.7. The van der Waals surface area contributed by atoms with Gasteiger partial charge in [-0.25, -0.2) is 4.68 Å². The highest BCUT2D eigenvalue weighted by Crippen LogP contribution is 2.32. The van der Waals surface area contributed by atoms with E-state index in [0.29, 0.717) is 12.0 Å². The molecule has 1 saturated carbocycles. The van der Waals surface area contributed by atoms with E-state index >= 15 is 0 Å². The number of aromatic nitrogens is 2. The highest BCUT2D eigenvalue weighted by atomic mass is 16.2. The van der Waals surface area contributed by atoms with Crippen LogP contribution in [-0.2, 0) is 4.79 Å². The molecule has 0 spiro atoms. The highest BCUT2D eigenvalue weighted by molar-refractivity contribution is 5.94. The number of rotatable bonds is 4. The van der Waals surface area contributed by atoms with Crippen LogP contribution in [0.15, 0.2) is 12.3 Å². The van der Waals surface area contributed by atoms with E-state index in [1.807, 2.05) is 10.7 Å². The lowest BCUT2D eigenvalue weighted by atomic mass is 10.2. The van der Waals surface area contributed by atoms with Gasteiger partial charge in [0.1, 0.15) is 5.82 Å². The summed E-state index contributed by atoms with van der Waals surface area (Å²) < 4.78 is 1.86. The summed E-state index contributed by atoms with van der Waals surface area (Å²) in [5.74, 6) is 1.02. The van der Waals surface area contributed by atoms with Gasteiger partial charge in [0, 0.05) is 19.2 Å². The quantitative estimate of drug-likeness (QED) is 0.669. The van der Waals surface area contributed by atoms with Crippen LogP contribution in [0.4, 0.5) is 5.82 Å². The Balaban J connectivity index is 1.67. The molecule has 1 aliphatic heterocycles. The second-order valence-corrected chi connectivity index (χ2v) is 4.83. The van der Waals surface area contributed by atoms with Crippen LogP contribution in [0.1, 0.15) is 18.9 Å². The molecule has 1 aromatic rings. The van der Waals surface area contributed by atoms with Gasteiger partial charge in [-0.15, -0.1) is 0 Å².